The molecule has 6 nitrogen and oxygen atoms in total. The third kappa shape index (κ3) is 2.67. The normalized spacial score (nSPS) is 15.6. The molecule has 0 spiro atoms. The minimum atomic E-state index is -0.412. The molecule has 1 aliphatic rings. The molecule has 2 aromatic carbocycles. The summed E-state index contributed by atoms with van der Waals surface area (Å²) in [5.74, 6) is 0.784. The molecule has 0 aromatic heterocycles. The van der Waals surface area contributed by atoms with Gasteiger partial charge in [0.25, 0.3) is 5.69 Å². The fraction of sp³-hybridized carbons (Fsp3) is 0.222. The van der Waals surface area contributed by atoms with E-state index < -0.39 is 10.3 Å². The monoisotopic (exact) mass is 323 g/mol. The fourth-order valence-corrected chi connectivity index (χ4v) is 2.79. The first-order chi connectivity index (χ1) is 11.4. The third-order valence-electron chi connectivity index (χ3n) is 4.15. The highest BCUT2D eigenvalue weighted by Crippen LogP contribution is 2.34. The molecule has 0 aliphatic carbocycles. The van der Waals surface area contributed by atoms with E-state index >= 15 is 0 Å². The molecule has 24 heavy (non-hydrogen) atoms. The molecule has 0 bridgehead atoms. The minimum absolute atomic E-state index is 0.0615. The summed E-state index contributed by atoms with van der Waals surface area (Å²) in [5, 5.41) is 19.5. The maximum Gasteiger partial charge on any atom is 0.269 e. The third-order valence-corrected chi connectivity index (χ3v) is 4.15. The summed E-state index contributed by atoms with van der Waals surface area (Å²) in [6.45, 7) is 4.09. The number of nitro groups is 1. The molecule has 0 radical (unpaired) electrons. The van der Waals surface area contributed by atoms with Crippen molar-refractivity contribution in [2.75, 3.05) is 7.11 Å². The van der Waals surface area contributed by atoms with Crippen LogP contribution in [0.4, 0.5) is 5.69 Å². The van der Waals surface area contributed by atoms with Crippen molar-refractivity contribution in [1.82, 2.24) is 0 Å². The van der Waals surface area contributed by atoms with E-state index in [2.05, 4.69) is 10.2 Å². The molecule has 3 rings (SSSR count). The number of nitro benzene ring substituents is 1. The summed E-state index contributed by atoms with van der Waals surface area (Å²) in [6.07, 6.45) is 0. The summed E-state index contributed by atoms with van der Waals surface area (Å²) >= 11 is 0. The van der Waals surface area contributed by atoms with Crippen LogP contribution in [0.1, 0.15) is 25.0 Å². The van der Waals surface area contributed by atoms with Crippen LogP contribution in [0, 0.1) is 15.5 Å². The van der Waals surface area contributed by atoms with E-state index in [4.69, 9.17) is 4.74 Å². The second-order valence-electron chi connectivity index (χ2n) is 6.05. The highest BCUT2D eigenvalue weighted by atomic mass is 16.6. The van der Waals surface area contributed by atoms with Gasteiger partial charge in [0.2, 0.25) is 0 Å². The lowest BCUT2D eigenvalue weighted by atomic mass is 9.77. The van der Waals surface area contributed by atoms with E-state index in [-0.39, 0.29) is 5.69 Å². The number of rotatable bonds is 4. The van der Waals surface area contributed by atoms with Gasteiger partial charge in [0.15, 0.2) is 0 Å². The average molecular weight is 323 g/mol. The van der Waals surface area contributed by atoms with E-state index in [0.29, 0.717) is 0 Å². The Morgan fingerprint density at radius 1 is 0.917 bits per heavy atom. The molecule has 0 amide bonds. The molecule has 6 heteroatoms. The van der Waals surface area contributed by atoms with Crippen LogP contribution in [0.2, 0.25) is 0 Å². The molecule has 0 saturated carbocycles. The van der Waals surface area contributed by atoms with Crippen molar-refractivity contribution in [3.8, 4) is 5.75 Å². The zero-order valence-electron chi connectivity index (χ0n) is 13.7. The summed E-state index contributed by atoms with van der Waals surface area (Å²) in [7, 11) is 1.63. The predicted molar refractivity (Wildman–Crippen MR) is 92.9 cm³/mol. The van der Waals surface area contributed by atoms with Crippen LogP contribution in [-0.4, -0.2) is 23.5 Å². The van der Waals surface area contributed by atoms with Crippen molar-refractivity contribution < 1.29 is 9.66 Å². The van der Waals surface area contributed by atoms with E-state index in [0.717, 1.165) is 28.3 Å². The number of benzene rings is 2. The molecule has 1 aliphatic heterocycles. The fourth-order valence-electron chi connectivity index (χ4n) is 2.79. The number of ether oxygens (including phenoxy) is 1. The van der Waals surface area contributed by atoms with Crippen molar-refractivity contribution >= 4 is 17.1 Å². The first-order valence-corrected chi connectivity index (χ1v) is 7.49. The first kappa shape index (κ1) is 15.9. The lowest BCUT2D eigenvalue weighted by molar-refractivity contribution is -0.384. The lowest BCUT2D eigenvalue weighted by Crippen LogP contribution is -2.31. The number of hydrogen-bond donors (Lipinski definition) is 0. The highest BCUT2D eigenvalue weighted by molar-refractivity contribution is 6.25. The topological polar surface area (TPSA) is 77.1 Å². The average Bonchev–Trinajstić information content (AvgIpc) is 2.90. The summed E-state index contributed by atoms with van der Waals surface area (Å²) in [5.41, 5.74) is 3.12. The number of methoxy groups -OCH3 is 1. The first-order valence-electron chi connectivity index (χ1n) is 7.49. The van der Waals surface area contributed by atoms with Crippen molar-refractivity contribution in [2.45, 2.75) is 13.8 Å². The molecular weight excluding hydrogens is 306 g/mol. The number of nitrogens with zero attached hydrogens (tertiary/aromatic N) is 3. The second-order valence-corrected chi connectivity index (χ2v) is 6.05. The second kappa shape index (κ2) is 5.88. The Kier molecular flexibility index (Phi) is 3.89. The smallest absolute Gasteiger partial charge is 0.269 e. The Labute approximate surface area is 139 Å². The van der Waals surface area contributed by atoms with Gasteiger partial charge < -0.3 is 4.74 Å². The van der Waals surface area contributed by atoms with Crippen molar-refractivity contribution in [3.05, 3.63) is 69.8 Å². The van der Waals surface area contributed by atoms with Gasteiger partial charge in [0, 0.05) is 12.1 Å². The molecule has 0 fully saturated rings. The van der Waals surface area contributed by atoms with Gasteiger partial charge in [-0.05, 0) is 61.4 Å². The van der Waals surface area contributed by atoms with Gasteiger partial charge in [-0.2, -0.15) is 10.2 Å². The minimum Gasteiger partial charge on any atom is -0.497 e. The zero-order valence-corrected chi connectivity index (χ0v) is 13.7. The highest BCUT2D eigenvalue weighted by Gasteiger charge is 2.37. The van der Waals surface area contributed by atoms with E-state index in [1.54, 1.807) is 19.2 Å². The Bertz CT molecular complexity index is 835. The molecule has 2 aromatic rings. The zero-order chi connectivity index (χ0) is 17.3. The molecule has 0 saturated heterocycles. The summed E-state index contributed by atoms with van der Waals surface area (Å²) < 4.78 is 5.18. The van der Waals surface area contributed by atoms with Gasteiger partial charge in [-0.15, -0.1) is 0 Å². The molecule has 0 N–H and O–H groups in total. The van der Waals surface area contributed by atoms with Gasteiger partial charge in [0.1, 0.15) is 5.75 Å². The Balaban J connectivity index is 1.89. The van der Waals surface area contributed by atoms with Gasteiger partial charge in [-0.25, -0.2) is 0 Å². The summed E-state index contributed by atoms with van der Waals surface area (Å²) in [4.78, 5) is 10.4. The largest absolute Gasteiger partial charge is 0.497 e. The quantitative estimate of drug-likeness (QED) is 0.633. The van der Waals surface area contributed by atoms with Crippen LogP contribution < -0.4 is 4.74 Å². The van der Waals surface area contributed by atoms with Crippen LogP contribution in [0.15, 0.2) is 58.7 Å². The van der Waals surface area contributed by atoms with Crippen molar-refractivity contribution in [3.63, 3.8) is 0 Å². The van der Waals surface area contributed by atoms with Crippen LogP contribution in [0.5, 0.6) is 5.75 Å². The van der Waals surface area contributed by atoms with Crippen molar-refractivity contribution in [1.29, 1.82) is 0 Å². The van der Waals surface area contributed by atoms with Crippen LogP contribution in [-0.2, 0) is 0 Å². The van der Waals surface area contributed by atoms with Gasteiger partial charge >= 0.3 is 0 Å². The Hall–Kier alpha value is -3.02. The van der Waals surface area contributed by atoms with E-state index in [1.807, 2.05) is 38.1 Å². The molecule has 0 atom stereocenters. The van der Waals surface area contributed by atoms with Gasteiger partial charge in [-0.1, -0.05) is 0 Å². The van der Waals surface area contributed by atoms with Crippen LogP contribution >= 0.6 is 0 Å². The van der Waals surface area contributed by atoms with E-state index in [9.17, 15) is 10.1 Å². The molecule has 1 heterocycles. The lowest BCUT2D eigenvalue weighted by Gasteiger charge is -2.23. The molecule has 122 valence electrons. The van der Waals surface area contributed by atoms with Crippen molar-refractivity contribution in [2.24, 2.45) is 15.6 Å². The number of non-ortho nitro benzene ring substituents is 1. The maximum atomic E-state index is 10.8. The standard InChI is InChI=1S/C18H17N3O3/c1-18(2)16(12-4-8-14(9-5-12)21(22)23)19-20-17(18)13-6-10-15(24-3)11-7-13/h4-11H,1-3H3. The maximum absolute atomic E-state index is 10.8. The predicted octanol–water partition coefficient (Wildman–Crippen LogP) is 3.84. The molecular formula is C18H17N3O3. The summed E-state index contributed by atoms with van der Waals surface area (Å²) in [6, 6.07) is 14.1. The van der Waals surface area contributed by atoms with Crippen LogP contribution in [0.3, 0.4) is 0 Å². The van der Waals surface area contributed by atoms with Gasteiger partial charge in [-0.3, -0.25) is 10.1 Å². The molecule has 0 unspecified atom stereocenters. The van der Waals surface area contributed by atoms with Gasteiger partial charge in [0.05, 0.1) is 28.9 Å². The Morgan fingerprint density at radius 3 is 1.79 bits per heavy atom. The number of hydrogen-bond acceptors (Lipinski definition) is 5. The Morgan fingerprint density at radius 2 is 1.38 bits per heavy atom. The van der Waals surface area contributed by atoms with Crippen LogP contribution in [0.25, 0.3) is 0 Å². The van der Waals surface area contributed by atoms with E-state index in [1.165, 1.54) is 12.1 Å². The SMILES string of the molecule is COc1ccc(C2=NN=C(c3ccc([N+](=O)[O-])cc3)C2(C)C)cc1.